The average molecular weight is 461 g/mol. The highest BCUT2D eigenvalue weighted by Gasteiger charge is 2.10. The summed E-state index contributed by atoms with van der Waals surface area (Å²) in [5, 5.41) is 14.2. The monoisotopic (exact) mass is 460 g/mol. The smallest absolute Gasteiger partial charge is 0.271 e. The molecule has 0 atom stereocenters. The van der Waals surface area contributed by atoms with E-state index in [9.17, 15) is 9.90 Å². The number of nitrogens with zero attached hydrogens (tertiary/aromatic N) is 1. The summed E-state index contributed by atoms with van der Waals surface area (Å²) in [6.45, 7) is 0. The number of halogens is 2. The zero-order valence-corrected chi connectivity index (χ0v) is 15.8. The van der Waals surface area contributed by atoms with Gasteiger partial charge in [-0.25, -0.2) is 5.43 Å². The van der Waals surface area contributed by atoms with E-state index in [0.29, 0.717) is 31.2 Å². The van der Waals surface area contributed by atoms with Crippen molar-refractivity contribution in [3.8, 4) is 17.2 Å². The third-order valence-electron chi connectivity index (χ3n) is 3.04. The normalized spacial score (nSPS) is 10.7. The van der Waals surface area contributed by atoms with Gasteiger partial charge in [-0.15, -0.1) is 0 Å². The van der Waals surface area contributed by atoms with Gasteiger partial charge in [0.2, 0.25) is 0 Å². The number of ether oxygens (including phenoxy) is 2. The van der Waals surface area contributed by atoms with E-state index in [1.54, 1.807) is 30.3 Å². The molecular weight excluding hydrogens is 447 g/mol. The highest BCUT2D eigenvalue weighted by Crippen LogP contribution is 2.27. The van der Waals surface area contributed by atoms with Gasteiger partial charge in [-0.3, -0.25) is 4.79 Å². The Morgan fingerprint density at radius 2 is 1.83 bits per heavy atom. The Morgan fingerprint density at radius 3 is 2.42 bits per heavy atom. The second-order valence-electron chi connectivity index (χ2n) is 4.63. The van der Waals surface area contributed by atoms with Gasteiger partial charge >= 0.3 is 0 Å². The number of phenols is 1. The lowest BCUT2D eigenvalue weighted by Gasteiger charge is -2.07. The first-order chi connectivity index (χ1) is 11.4. The molecule has 2 N–H and O–H groups in total. The Bertz CT molecular complexity index is 774. The van der Waals surface area contributed by atoms with Crippen LogP contribution in [-0.2, 0) is 0 Å². The van der Waals surface area contributed by atoms with E-state index in [2.05, 4.69) is 10.5 Å². The molecule has 1 amide bonds. The Kier molecular flexibility index (Phi) is 6.27. The third-order valence-corrected chi connectivity index (χ3v) is 4.08. The quantitative estimate of drug-likeness (QED) is 0.407. The van der Waals surface area contributed by atoms with Gasteiger partial charge in [0.25, 0.3) is 5.91 Å². The molecule has 0 aromatic heterocycles. The van der Waals surface area contributed by atoms with Crippen LogP contribution in [0.15, 0.2) is 35.4 Å². The van der Waals surface area contributed by atoms with Crippen molar-refractivity contribution < 1.29 is 19.4 Å². The number of nitrogens with one attached hydrogen (secondary N) is 1. The molecule has 126 valence electrons. The van der Waals surface area contributed by atoms with E-state index < -0.39 is 5.91 Å². The van der Waals surface area contributed by atoms with E-state index in [-0.39, 0.29) is 5.75 Å². The maximum Gasteiger partial charge on any atom is 0.271 e. The van der Waals surface area contributed by atoms with Gasteiger partial charge in [-0.05, 0) is 46.9 Å². The average Bonchev–Trinajstić information content (AvgIpc) is 2.58. The molecule has 0 aliphatic heterocycles. The lowest BCUT2D eigenvalue weighted by molar-refractivity contribution is 0.0954. The molecule has 0 saturated heterocycles. The van der Waals surface area contributed by atoms with Crippen LogP contribution in [0.1, 0.15) is 15.9 Å². The lowest BCUT2D eigenvalue weighted by atomic mass is 10.2. The SMILES string of the molecule is COc1cc(OC)cc(C(=O)N/N=C\c2cc(Cl)cc(I)c2O)c1. The van der Waals surface area contributed by atoms with Crippen molar-refractivity contribution in [2.75, 3.05) is 14.2 Å². The standard InChI is InChI=1S/C16H14ClIN2O4/c1-23-12-4-9(5-13(7-12)24-2)16(22)20-19-8-10-3-11(17)6-14(18)15(10)21/h3-8,21H,1-2H3,(H,20,22)/b19-8-. The minimum atomic E-state index is -0.445. The van der Waals surface area contributed by atoms with Gasteiger partial charge in [-0.1, -0.05) is 11.6 Å². The van der Waals surface area contributed by atoms with Gasteiger partial charge in [-0.2, -0.15) is 5.10 Å². The summed E-state index contributed by atoms with van der Waals surface area (Å²) in [4.78, 5) is 12.2. The first-order valence-electron chi connectivity index (χ1n) is 6.69. The van der Waals surface area contributed by atoms with Crippen molar-refractivity contribution in [1.29, 1.82) is 0 Å². The van der Waals surface area contributed by atoms with Crippen LogP contribution < -0.4 is 14.9 Å². The minimum Gasteiger partial charge on any atom is -0.506 e. The zero-order chi connectivity index (χ0) is 17.7. The third kappa shape index (κ3) is 4.51. The van der Waals surface area contributed by atoms with E-state index >= 15 is 0 Å². The number of aromatic hydroxyl groups is 1. The summed E-state index contributed by atoms with van der Waals surface area (Å²) in [6.07, 6.45) is 1.32. The number of carbonyl (C=O) groups excluding carboxylic acids is 1. The summed E-state index contributed by atoms with van der Waals surface area (Å²) >= 11 is 7.89. The molecule has 0 aliphatic carbocycles. The topological polar surface area (TPSA) is 80.2 Å². The Labute approximate surface area is 157 Å². The number of hydrazone groups is 1. The molecule has 0 unspecified atom stereocenters. The molecule has 0 heterocycles. The van der Waals surface area contributed by atoms with Crippen LogP contribution in [0.4, 0.5) is 0 Å². The summed E-state index contributed by atoms with van der Waals surface area (Å²) in [5.41, 5.74) is 3.10. The molecule has 2 aromatic rings. The number of amides is 1. The second-order valence-corrected chi connectivity index (χ2v) is 6.22. The molecule has 24 heavy (non-hydrogen) atoms. The van der Waals surface area contributed by atoms with Gasteiger partial charge in [0.1, 0.15) is 17.2 Å². The Hall–Kier alpha value is -2.00. The number of benzene rings is 2. The summed E-state index contributed by atoms with van der Waals surface area (Å²) in [6, 6.07) is 7.95. The first kappa shape index (κ1) is 18.3. The number of hydrogen-bond acceptors (Lipinski definition) is 5. The molecule has 0 saturated carbocycles. The highest BCUT2D eigenvalue weighted by molar-refractivity contribution is 14.1. The van der Waals surface area contributed by atoms with Crippen LogP contribution >= 0.6 is 34.2 Å². The van der Waals surface area contributed by atoms with Gasteiger partial charge in [0, 0.05) is 22.2 Å². The maximum atomic E-state index is 12.2. The van der Waals surface area contributed by atoms with Crippen molar-refractivity contribution in [2.24, 2.45) is 5.10 Å². The Morgan fingerprint density at radius 1 is 1.21 bits per heavy atom. The van der Waals surface area contributed by atoms with Gasteiger partial charge < -0.3 is 14.6 Å². The molecule has 0 spiro atoms. The number of hydrogen-bond donors (Lipinski definition) is 2. The van der Waals surface area contributed by atoms with E-state index in [1.165, 1.54) is 20.4 Å². The van der Waals surface area contributed by atoms with Gasteiger partial charge in [0.15, 0.2) is 0 Å². The van der Waals surface area contributed by atoms with Crippen LogP contribution in [0.2, 0.25) is 5.02 Å². The lowest BCUT2D eigenvalue weighted by Crippen LogP contribution is -2.17. The van der Waals surface area contributed by atoms with Crippen molar-refractivity contribution in [3.05, 3.63) is 50.1 Å². The highest BCUT2D eigenvalue weighted by atomic mass is 127. The summed E-state index contributed by atoms with van der Waals surface area (Å²) in [5.74, 6) is 0.580. The van der Waals surface area contributed by atoms with Crippen LogP contribution in [0, 0.1) is 3.57 Å². The maximum absolute atomic E-state index is 12.2. The molecule has 2 rings (SSSR count). The molecule has 0 aliphatic rings. The molecule has 8 heteroatoms. The predicted molar refractivity (Wildman–Crippen MR) is 100 cm³/mol. The number of carbonyl (C=O) groups is 1. The summed E-state index contributed by atoms with van der Waals surface area (Å²) in [7, 11) is 3.00. The molecule has 0 fully saturated rings. The van der Waals surface area contributed by atoms with Crippen molar-refractivity contribution in [1.82, 2.24) is 5.43 Å². The number of rotatable bonds is 5. The second kappa shape index (κ2) is 8.20. The molecule has 2 aromatic carbocycles. The largest absolute Gasteiger partial charge is 0.506 e. The van der Waals surface area contributed by atoms with Crippen LogP contribution in [0.25, 0.3) is 0 Å². The van der Waals surface area contributed by atoms with E-state index in [1.807, 2.05) is 22.6 Å². The molecule has 0 radical (unpaired) electrons. The molecule has 6 nitrogen and oxygen atoms in total. The minimum absolute atomic E-state index is 0.0426. The van der Waals surface area contributed by atoms with Crippen LogP contribution in [-0.4, -0.2) is 31.4 Å². The zero-order valence-electron chi connectivity index (χ0n) is 12.8. The van der Waals surface area contributed by atoms with E-state index in [4.69, 9.17) is 21.1 Å². The fourth-order valence-corrected chi connectivity index (χ4v) is 2.91. The van der Waals surface area contributed by atoms with E-state index in [0.717, 1.165) is 0 Å². The fourth-order valence-electron chi connectivity index (χ4n) is 1.85. The van der Waals surface area contributed by atoms with Crippen molar-refractivity contribution >= 4 is 46.3 Å². The van der Waals surface area contributed by atoms with Crippen molar-refractivity contribution in [2.45, 2.75) is 0 Å². The molecular formula is C16H14ClIN2O4. The summed E-state index contributed by atoms with van der Waals surface area (Å²) < 4.78 is 10.8. The molecule has 0 bridgehead atoms. The Balaban J connectivity index is 2.16. The number of methoxy groups -OCH3 is 2. The predicted octanol–water partition coefficient (Wildman–Crippen LogP) is 3.43. The van der Waals surface area contributed by atoms with Gasteiger partial charge in [0.05, 0.1) is 24.0 Å². The van der Waals surface area contributed by atoms with Crippen molar-refractivity contribution in [3.63, 3.8) is 0 Å². The fraction of sp³-hybridized carbons (Fsp3) is 0.125. The van der Waals surface area contributed by atoms with Crippen LogP contribution in [0.5, 0.6) is 17.2 Å². The number of phenolic OH excluding ortho intramolecular Hbond substituents is 1. The first-order valence-corrected chi connectivity index (χ1v) is 8.14. The van der Waals surface area contributed by atoms with Crippen LogP contribution in [0.3, 0.4) is 0 Å².